The summed E-state index contributed by atoms with van der Waals surface area (Å²) in [5.74, 6) is 1.29. The second kappa shape index (κ2) is 18.1. The molecule has 0 spiro atoms. The number of benzene rings is 5. The van der Waals surface area contributed by atoms with Crippen molar-refractivity contribution in [2.24, 2.45) is 5.92 Å². The van der Waals surface area contributed by atoms with Gasteiger partial charge < -0.3 is 0 Å². The molecule has 0 N–H and O–H groups in total. The van der Waals surface area contributed by atoms with Gasteiger partial charge >= 0.3 is 271 Å². The Hall–Kier alpha value is -3.68. The monoisotopic (exact) mass is 918 g/mol. The molecule has 0 radical (unpaired) electrons. The molecule has 3 aliphatic carbocycles. The van der Waals surface area contributed by atoms with Gasteiger partial charge in [0, 0.05) is 0 Å². The Morgan fingerprint density at radius 2 is 1.12 bits per heavy atom. The molecule has 0 aromatic heterocycles. The fourth-order valence-corrected chi connectivity index (χ4v) is 23.5. The van der Waals surface area contributed by atoms with E-state index in [1.807, 2.05) is 6.58 Å². The van der Waals surface area contributed by atoms with Crippen LogP contribution in [0.15, 0.2) is 143 Å². The third-order valence-corrected chi connectivity index (χ3v) is 25.4. The van der Waals surface area contributed by atoms with Crippen molar-refractivity contribution < 1.29 is 21.0 Å². The van der Waals surface area contributed by atoms with E-state index in [1.165, 1.54) is 71.0 Å². The Kier molecular flexibility index (Phi) is 13.2. The van der Waals surface area contributed by atoms with Crippen LogP contribution in [0.2, 0.25) is 0 Å². The van der Waals surface area contributed by atoms with Crippen LogP contribution >= 0.6 is 0 Å². The van der Waals surface area contributed by atoms with Gasteiger partial charge in [-0.05, 0) is 24.0 Å². The summed E-state index contributed by atoms with van der Waals surface area (Å²) in [6.07, 6.45) is 17.7. The first-order valence-electron chi connectivity index (χ1n) is 22.0. The van der Waals surface area contributed by atoms with Crippen LogP contribution in [0.4, 0.5) is 0 Å². The van der Waals surface area contributed by atoms with Crippen LogP contribution in [0.5, 0.6) is 0 Å². The molecule has 0 amide bonds. The summed E-state index contributed by atoms with van der Waals surface area (Å²) in [5.41, 5.74) is 15.3. The van der Waals surface area contributed by atoms with Crippen molar-refractivity contribution in [3.8, 4) is 11.1 Å². The fourth-order valence-electron chi connectivity index (χ4n) is 9.29. The quantitative estimate of drug-likeness (QED) is 0.136. The number of fused-ring (bicyclic) bond motifs is 3. The van der Waals surface area contributed by atoms with Crippen molar-refractivity contribution in [2.75, 3.05) is 0 Å². The molecule has 0 nitrogen and oxygen atoms in total. The Morgan fingerprint density at radius 3 is 1.56 bits per heavy atom. The van der Waals surface area contributed by atoms with Crippen LogP contribution in [0.25, 0.3) is 11.1 Å². The number of allylic oxidation sites excluding steroid dienone is 4. The van der Waals surface area contributed by atoms with Crippen molar-refractivity contribution in [3.63, 3.8) is 0 Å². The van der Waals surface area contributed by atoms with Crippen molar-refractivity contribution >= 4 is 3.26 Å². The second-order valence-electron chi connectivity index (χ2n) is 19.3. The van der Waals surface area contributed by atoms with Crippen LogP contribution in [0.1, 0.15) is 148 Å². The van der Waals surface area contributed by atoms with Gasteiger partial charge in [-0.2, -0.15) is 0 Å². The normalized spacial score (nSPS) is 16.1. The van der Waals surface area contributed by atoms with Crippen LogP contribution in [-0.2, 0) is 44.6 Å². The number of rotatable bonds is 8. The molecular weight excluding hydrogens is 851 g/mol. The van der Waals surface area contributed by atoms with Crippen LogP contribution in [0, 0.1) is 5.92 Å². The van der Waals surface area contributed by atoms with Gasteiger partial charge in [0.05, 0.1) is 0 Å². The van der Waals surface area contributed by atoms with Crippen molar-refractivity contribution in [1.82, 2.24) is 0 Å². The van der Waals surface area contributed by atoms with Crippen molar-refractivity contribution in [3.05, 3.63) is 187 Å². The molecule has 0 heterocycles. The third kappa shape index (κ3) is 9.79. The van der Waals surface area contributed by atoms with E-state index in [0.29, 0.717) is 9.59 Å². The maximum absolute atomic E-state index is 2.80. The first kappa shape index (κ1) is 41.5. The van der Waals surface area contributed by atoms with E-state index >= 15 is 0 Å². The van der Waals surface area contributed by atoms with Gasteiger partial charge in [0.25, 0.3) is 0 Å². The van der Waals surface area contributed by atoms with E-state index in [0.717, 1.165) is 25.2 Å². The smallest absolute Gasteiger partial charge is 0.0238 e. The van der Waals surface area contributed by atoms with Gasteiger partial charge in [0.15, 0.2) is 0 Å². The molecule has 1 fully saturated rings. The molecule has 0 unspecified atom stereocenters. The summed E-state index contributed by atoms with van der Waals surface area (Å²) < 4.78 is 4.26. The topological polar surface area (TPSA) is 0 Å². The van der Waals surface area contributed by atoms with E-state index in [4.69, 9.17) is 0 Å². The maximum Gasteiger partial charge on any atom is -0.0238 e. The van der Waals surface area contributed by atoms with Gasteiger partial charge in [0.2, 0.25) is 0 Å². The minimum Gasteiger partial charge on any atom is -0.0622 e. The second-order valence-corrected chi connectivity index (χ2v) is 28.6. The molecule has 0 saturated heterocycles. The zero-order chi connectivity index (χ0) is 40.2. The minimum absolute atomic E-state index is 0.132. The average Bonchev–Trinajstić information content (AvgIpc) is 3.86. The molecule has 3 aliphatic rings. The third-order valence-electron chi connectivity index (χ3n) is 12.7. The Balaban J connectivity index is 0.000000297. The molecule has 8 rings (SSSR count). The summed E-state index contributed by atoms with van der Waals surface area (Å²) in [4.78, 5) is 0. The van der Waals surface area contributed by atoms with E-state index in [2.05, 4.69) is 195 Å². The van der Waals surface area contributed by atoms with Gasteiger partial charge in [-0.25, -0.2) is 0 Å². The molecule has 57 heavy (non-hydrogen) atoms. The van der Waals surface area contributed by atoms with Gasteiger partial charge in [-0.1, -0.05) is 60.7 Å². The molecular formula is C56H66Hf. The Bertz CT molecular complexity index is 2110. The SMILES string of the molecule is CC(C)c1ccc(/[C](C2CCCCC2)=[Hf](/[C]2=CC=CC2)[CH]2c3cc(C(C)(C)C)ccc3-c3ccc(C(C)(C)C)cc32)cc1.c1ccc(CCc2ccccc2)cc1. The molecule has 1 saturated carbocycles. The molecule has 294 valence electrons. The van der Waals surface area contributed by atoms with Crippen molar-refractivity contribution in [1.29, 1.82) is 0 Å². The zero-order valence-corrected chi connectivity index (χ0v) is 39.8. The van der Waals surface area contributed by atoms with Gasteiger partial charge in [-0.15, -0.1) is 0 Å². The minimum atomic E-state index is -2.80. The molecule has 5 aromatic rings. The predicted octanol–water partition coefficient (Wildman–Crippen LogP) is 15.2. The fraction of sp³-hybridized carbons (Fsp3) is 0.375. The van der Waals surface area contributed by atoms with E-state index in [1.54, 1.807) is 16.7 Å². The van der Waals surface area contributed by atoms with E-state index in [-0.39, 0.29) is 10.8 Å². The van der Waals surface area contributed by atoms with Gasteiger partial charge in [-0.3, -0.25) is 0 Å². The van der Waals surface area contributed by atoms with E-state index in [9.17, 15) is 0 Å². The van der Waals surface area contributed by atoms with Gasteiger partial charge in [0.1, 0.15) is 0 Å². The summed E-state index contributed by atoms with van der Waals surface area (Å²) in [7, 11) is 0. The predicted molar refractivity (Wildman–Crippen MR) is 244 cm³/mol. The zero-order valence-electron chi connectivity index (χ0n) is 36.2. The van der Waals surface area contributed by atoms with Crippen LogP contribution in [-0.4, -0.2) is 3.26 Å². The number of hydrogen-bond acceptors (Lipinski definition) is 0. The average molecular weight is 918 g/mol. The first-order valence-corrected chi connectivity index (χ1v) is 27.6. The van der Waals surface area contributed by atoms with Crippen LogP contribution < -0.4 is 0 Å². The standard InChI is InChI=1S/C21H25.C16H22.C14H14.C5H5.Hf/c1-20(2,3)16-7-9-18-14(12-16)11-15-13-17(21(4,5)6)8-10-19(15)18;1-13(2)16-10-8-15(9-11-16)12-14-6-4-3-5-7-14;1-3-7-13(8-4-1)11-12-14-9-5-2-6-10-14;1-2-4-5-3-1;/h7-13H,1-6H3;8-11,13-14H,3-7H2,1-2H3;1-10H,11-12H2;1-3H,4H2;. The first-order chi connectivity index (χ1) is 27.4. The molecule has 0 aliphatic heterocycles. The summed E-state index contributed by atoms with van der Waals surface area (Å²) in [6.45, 7) is 18.9. The van der Waals surface area contributed by atoms with Crippen molar-refractivity contribution in [2.45, 2.75) is 127 Å². The molecule has 1 heteroatoms. The van der Waals surface area contributed by atoms with E-state index < -0.39 is 21.0 Å². The largest absolute Gasteiger partial charge is 0.0622 e. The molecule has 0 bridgehead atoms. The number of hydrogen-bond donors (Lipinski definition) is 0. The summed E-state index contributed by atoms with van der Waals surface area (Å²) >= 11 is -2.80. The Morgan fingerprint density at radius 1 is 0.614 bits per heavy atom. The molecule has 0 atom stereocenters. The molecule has 5 aromatic carbocycles. The summed E-state index contributed by atoms with van der Waals surface area (Å²) in [5, 5.41) is 0. The number of aryl methyl sites for hydroxylation is 2. The summed E-state index contributed by atoms with van der Waals surface area (Å²) in [6, 6.07) is 46.3. The maximum atomic E-state index is 2.64. The Labute approximate surface area is 353 Å². The van der Waals surface area contributed by atoms with Crippen LogP contribution in [0.3, 0.4) is 0 Å².